The van der Waals surface area contributed by atoms with Crippen LogP contribution in [0.15, 0.2) is 75.9 Å². The number of nitrogens with zero attached hydrogens (tertiary/aromatic N) is 2. The summed E-state index contributed by atoms with van der Waals surface area (Å²) in [6.07, 6.45) is 0.0227. The molecule has 0 radical (unpaired) electrons. The molecule has 0 fully saturated rings. The van der Waals surface area contributed by atoms with E-state index in [4.69, 9.17) is 16.3 Å². The van der Waals surface area contributed by atoms with Crippen molar-refractivity contribution in [3.05, 3.63) is 92.9 Å². The maximum Gasteiger partial charge on any atom is 0.338 e. The highest BCUT2D eigenvalue weighted by molar-refractivity contribution is 8.16. The van der Waals surface area contributed by atoms with Crippen LogP contribution in [0.4, 0.5) is 4.39 Å². The molecule has 9 heteroatoms. The molecule has 0 saturated heterocycles. The fraction of sp³-hybridized carbons (Fsp3) is 0.208. The molecule has 1 N–H and O–H groups in total. The molecule has 2 aliphatic rings. The van der Waals surface area contributed by atoms with Crippen molar-refractivity contribution in [1.29, 1.82) is 0 Å². The van der Waals surface area contributed by atoms with E-state index in [1.807, 2.05) is 28.5 Å². The smallest absolute Gasteiger partial charge is 0.338 e. The lowest BCUT2D eigenvalue weighted by molar-refractivity contribution is -0.136. The van der Waals surface area contributed by atoms with Gasteiger partial charge in [0.1, 0.15) is 5.82 Å². The number of esters is 1. The highest BCUT2D eigenvalue weighted by Gasteiger charge is 2.41. The number of nitrogens with one attached hydrogen (secondary N) is 1. The van der Waals surface area contributed by atoms with E-state index in [2.05, 4.69) is 10.3 Å². The molecule has 0 bridgehead atoms. The average molecular weight is 486 g/mol. The minimum Gasteiger partial charge on any atom is -0.466 e. The number of hydrogen-bond donors (Lipinski definition) is 1. The van der Waals surface area contributed by atoms with Gasteiger partial charge in [-0.25, -0.2) is 14.2 Å². The molecule has 2 aliphatic heterocycles. The second-order valence-electron chi connectivity index (χ2n) is 7.45. The normalized spacial score (nSPS) is 17.3. The maximum atomic E-state index is 13.9. The lowest BCUT2D eigenvalue weighted by atomic mass is 9.94. The number of hydrogen-bond acceptors (Lipinski definition) is 6. The van der Waals surface area contributed by atoms with Crippen molar-refractivity contribution in [3.63, 3.8) is 0 Å². The number of aliphatic imine (C=N–C) groups is 1. The van der Waals surface area contributed by atoms with Crippen molar-refractivity contribution < 1.29 is 18.7 Å². The van der Waals surface area contributed by atoms with E-state index in [-0.39, 0.29) is 24.7 Å². The number of methoxy groups -OCH3 is 1. The number of fused-ring (bicyclic) bond motifs is 1. The highest BCUT2D eigenvalue weighted by Crippen LogP contribution is 2.46. The van der Waals surface area contributed by atoms with Crippen LogP contribution >= 0.6 is 23.4 Å². The molecule has 1 amide bonds. The van der Waals surface area contributed by atoms with Gasteiger partial charge in [-0.05, 0) is 30.0 Å². The predicted octanol–water partition coefficient (Wildman–Crippen LogP) is 4.93. The summed E-state index contributed by atoms with van der Waals surface area (Å²) in [6, 6.07) is 12.9. The molecule has 0 aliphatic carbocycles. The molecular weight excluding hydrogens is 465 g/mol. The first kappa shape index (κ1) is 23.1. The third-order valence-corrected chi connectivity index (χ3v) is 6.61. The number of halogens is 2. The van der Waals surface area contributed by atoms with Gasteiger partial charge >= 0.3 is 5.97 Å². The molecule has 6 nitrogen and oxygen atoms in total. The summed E-state index contributed by atoms with van der Waals surface area (Å²) in [5.74, 6) is -1.17. The third kappa shape index (κ3) is 4.67. The lowest BCUT2D eigenvalue weighted by Crippen LogP contribution is -2.38. The van der Waals surface area contributed by atoms with E-state index < -0.39 is 12.0 Å². The van der Waals surface area contributed by atoms with Gasteiger partial charge in [-0.1, -0.05) is 59.8 Å². The second kappa shape index (κ2) is 9.80. The summed E-state index contributed by atoms with van der Waals surface area (Å²) in [5.41, 5.74) is 2.65. The Balaban J connectivity index is 1.61. The zero-order valence-corrected chi connectivity index (χ0v) is 19.5. The summed E-state index contributed by atoms with van der Waals surface area (Å²) in [5, 5.41) is 5.71. The van der Waals surface area contributed by atoms with Gasteiger partial charge in [0, 0.05) is 22.8 Å². The molecule has 0 saturated carbocycles. The van der Waals surface area contributed by atoms with E-state index in [0.29, 0.717) is 38.3 Å². The molecule has 1 atom stereocenters. The van der Waals surface area contributed by atoms with Crippen LogP contribution in [0.25, 0.3) is 0 Å². The first-order valence-electron chi connectivity index (χ1n) is 10.2. The van der Waals surface area contributed by atoms with Gasteiger partial charge in [-0.15, -0.1) is 0 Å². The molecule has 33 heavy (non-hydrogen) atoms. The molecular formula is C24H21ClFN3O3S. The topological polar surface area (TPSA) is 71.0 Å². The predicted molar refractivity (Wildman–Crippen MR) is 127 cm³/mol. The summed E-state index contributed by atoms with van der Waals surface area (Å²) in [7, 11) is 1.32. The summed E-state index contributed by atoms with van der Waals surface area (Å²) in [4.78, 5) is 31.9. The van der Waals surface area contributed by atoms with Gasteiger partial charge in [0.05, 0.1) is 30.8 Å². The van der Waals surface area contributed by atoms with Crippen LogP contribution in [0.1, 0.15) is 30.5 Å². The quantitative estimate of drug-likeness (QED) is 0.587. The Morgan fingerprint density at radius 1 is 1.21 bits per heavy atom. The lowest BCUT2D eigenvalue weighted by Gasteiger charge is -2.36. The SMILES string of the molecule is COC(=O)C1=C(C)N=C2SC=C(CC(=O)NCc3ccccc3F)N2[C@@H]1c1ccccc1Cl. The van der Waals surface area contributed by atoms with Gasteiger partial charge in [0.25, 0.3) is 0 Å². The van der Waals surface area contributed by atoms with Crippen LogP contribution < -0.4 is 5.32 Å². The number of thioether (sulfide) groups is 1. The van der Waals surface area contributed by atoms with Gasteiger partial charge < -0.3 is 15.0 Å². The van der Waals surface area contributed by atoms with Crippen molar-refractivity contribution in [3.8, 4) is 0 Å². The van der Waals surface area contributed by atoms with Crippen LogP contribution in [-0.2, 0) is 20.9 Å². The number of carbonyl (C=O) groups excluding carboxylic acids is 2. The van der Waals surface area contributed by atoms with Crippen LogP contribution in [0.5, 0.6) is 0 Å². The summed E-state index contributed by atoms with van der Waals surface area (Å²) >= 11 is 7.88. The van der Waals surface area contributed by atoms with Crippen molar-refractivity contribution in [2.45, 2.75) is 25.9 Å². The molecule has 4 rings (SSSR count). The van der Waals surface area contributed by atoms with Gasteiger partial charge in [0.2, 0.25) is 5.91 Å². The van der Waals surface area contributed by atoms with Crippen LogP contribution in [0, 0.1) is 5.82 Å². The zero-order valence-electron chi connectivity index (χ0n) is 18.0. The number of rotatable bonds is 6. The molecule has 0 aromatic heterocycles. The molecule has 0 spiro atoms. The Morgan fingerprint density at radius 2 is 1.94 bits per heavy atom. The largest absolute Gasteiger partial charge is 0.466 e. The zero-order chi connectivity index (χ0) is 23.5. The monoisotopic (exact) mass is 485 g/mol. The van der Waals surface area contributed by atoms with Crippen LogP contribution in [0.3, 0.4) is 0 Å². The van der Waals surface area contributed by atoms with Gasteiger partial charge in [-0.2, -0.15) is 0 Å². The molecule has 2 aromatic carbocycles. The summed E-state index contributed by atoms with van der Waals surface area (Å²) in [6.45, 7) is 1.83. The number of ether oxygens (including phenoxy) is 1. The molecule has 0 unspecified atom stereocenters. The van der Waals surface area contributed by atoms with Crippen molar-refractivity contribution in [2.75, 3.05) is 7.11 Å². The highest BCUT2D eigenvalue weighted by atomic mass is 35.5. The molecule has 170 valence electrons. The van der Waals surface area contributed by atoms with Crippen LogP contribution in [-0.4, -0.2) is 29.1 Å². The number of benzene rings is 2. The Labute approximate surface area is 200 Å². The second-order valence-corrected chi connectivity index (χ2v) is 8.69. The average Bonchev–Trinajstić information content (AvgIpc) is 3.19. The number of carbonyl (C=O) groups is 2. The third-order valence-electron chi connectivity index (χ3n) is 5.38. The van der Waals surface area contributed by atoms with E-state index >= 15 is 0 Å². The minimum atomic E-state index is -0.598. The number of amides is 1. The Hall–Kier alpha value is -3.10. The van der Waals surface area contributed by atoms with E-state index in [1.54, 1.807) is 31.2 Å². The Kier molecular flexibility index (Phi) is 6.85. The molecule has 2 aromatic rings. The minimum absolute atomic E-state index is 0.0227. The fourth-order valence-electron chi connectivity index (χ4n) is 3.79. The Morgan fingerprint density at radius 3 is 2.67 bits per heavy atom. The van der Waals surface area contributed by atoms with Crippen molar-refractivity contribution >= 4 is 40.4 Å². The van der Waals surface area contributed by atoms with Gasteiger partial charge in [-0.3, -0.25) is 4.79 Å². The van der Waals surface area contributed by atoms with Crippen molar-refractivity contribution in [1.82, 2.24) is 10.2 Å². The maximum absolute atomic E-state index is 13.9. The number of allylic oxidation sites excluding steroid dienone is 1. The van der Waals surface area contributed by atoms with Crippen LogP contribution in [0.2, 0.25) is 5.02 Å². The first-order chi connectivity index (χ1) is 15.9. The van der Waals surface area contributed by atoms with E-state index in [1.165, 1.54) is 24.9 Å². The number of amidine groups is 1. The first-order valence-corrected chi connectivity index (χ1v) is 11.4. The standard InChI is InChI=1S/C24H21ClFN3O3S/c1-14-21(23(31)32-2)22(17-8-4-5-9-18(17)25)29-16(13-33-24(29)28-14)11-20(30)27-12-15-7-3-6-10-19(15)26/h3-10,13,22H,11-12H2,1-2H3,(H,27,30)/t22-/m1/s1. The Bertz CT molecular complexity index is 1210. The summed E-state index contributed by atoms with van der Waals surface area (Å²) < 4.78 is 18.9. The fourth-order valence-corrected chi connectivity index (χ4v) is 5.00. The van der Waals surface area contributed by atoms with E-state index in [9.17, 15) is 14.0 Å². The molecule has 2 heterocycles. The van der Waals surface area contributed by atoms with Gasteiger partial charge in [0.15, 0.2) is 5.17 Å². The van der Waals surface area contributed by atoms with Crippen molar-refractivity contribution in [2.24, 2.45) is 4.99 Å². The van der Waals surface area contributed by atoms with E-state index in [0.717, 1.165) is 0 Å².